The van der Waals surface area contributed by atoms with Crippen molar-refractivity contribution in [3.8, 4) is 11.3 Å². The minimum absolute atomic E-state index is 0.00379. The van der Waals surface area contributed by atoms with Gasteiger partial charge in [-0.25, -0.2) is 0 Å². The van der Waals surface area contributed by atoms with Crippen molar-refractivity contribution in [1.82, 2.24) is 15.4 Å². The van der Waals surface area contributed by atoms with Gasteiger partial charge in [-0.2, -0.15) is 13.2 Å². The number of nitrogens with zero attached hydrogens (tertiary/aromatic N) is 2. The van der Waals surface area contributed by atoms with Crippen LogP contribution in [0.4, 0.5) is 13.2 Å². The van der Waals surface area contributed by atoms with E-state index in [1.54, 1.807) is 0 Å². The summed E-state index contributed by atoms with van der Waals surface area (Å²) in [5.74, 6) is 0.502. The van der Waals surface area contributed by atoms with Gasteiger partial charge in [-0.3, -0.25) is 4.79 Å². The van der Waals surface area contributed by atoms with Crippen LogP contribution in [0.1, 0.15) is 29.0 Å². The van der Waals surface area contributed by atoms with E-state index >= 15 is 0 Å². The van der Waals surface area contributed by atoms with Crippen molar-refractivity contribution in [2.24, 2.45) is 11.8 Å². The molecular weight excluding hydrogens is 359 g/mol. The third-order valence-electron chi connectivity index (χ3n) is 5.56. The number of alkyl halides is 3. The van der Waals surface area contributed by atoms with Crippen LogP contribution >= 0.6 is 0 Å². The fourth-order valence-corrected chi connectivity index (χ4v) is 4.09. The van der Waals surface area contributed by atoms with Gasteiger partial charge in [-0.05, 0) is 43.8 Å². The lowest BCUT2D eigenvalue weighted by Crippen LogP contribution is -2.50. The lowest BCUT2D eigenvalue weighted by molar-refractivity contribution is -0.137. The predicted octanol–water partition coefficient (Wildman–Crippen LogP) is 3.43. The standard InChI is InChI=1S/C19H20F3N3O2/c20-19(21,22)15-4-2-1-3-14(15)16-9-17(27-24-16)18(26)23-10-13-11-25-7-5-12(13)6-8-25/h1-4,9,12-13H,5-8,10-11H2,(H,23,26). The van der Waals surface area contributed by atoms with Crippen molar-refractivity contribution in [2.45, 2.75) is 19.0 Å². The molecule has 144 valence electrons. The van der Waals surface area contributed by atoms with E-state index in [9.17, 15) is 18.0 Å². The lowest BCUT2D eigenvalue weighted by Gasteiger charge is -2.44. The number of amides is 1. The molecule has 3 aliphatic rings. The zero-order valence-electron chi connectivity index (χ0n) is 14.6. The minimum Gasteiger partial charge on any atom is -0.350 e. The van der Waals surface area contributed by atoms with E-state index in [-0.39, 0.29) is 17.0 Å². The van der Waals surface area contributed by atoms with Gasteiger partial charge in [0, 0.05) is 24.7 Å². The topological polar surface area (TPSA) is 58.4 Å². The van der Waals surface area contributed by atoms with Crippen molar-refractivity contribution in [2.75, 3.05) is 26.2 Å². The number of carbonyl (C=O) groups excluding carboxylic acids is 1. The molecule has 27 heavy (non-hydrogen) atoms. The molecule has 1 atom stereocenters. The molecule has 3 saturated heterocycles. The highest BCUT2D eigenvalue weighted by atomic mass is 19.4. The van der Waals surface area contributed by atoms with Crippen LogP contribution in [0.15, 0.2) is 34.9 Å². The van der Waals surface area contributed by atoms with Crippen molar-refractivity contribution >= 4 is 5.91 Å². The SMILES string of the molecule is O=C(NCC1CN2CCC1CC2)c1cc(-c2ccccc2C(F)(F)F)no1. The molecule has 0 spiro atoms. The van der Waals surface area contributed by atoms with E-state index in [0.717, 1.165) is 38.5 Å². The van der Waals surface area contributed by atoms with Crippen LogP contribution < -0.4 is 5.32 Å². The molecule has 5 rings (SSSR count). The summed E-state index contributed by atoms with van der Waals surface area (Å²) in [4.78, 5) is 14.7. The van der Waals surface area contributed by atoms with Gasteiger partial charge in [0.2, 0.25) is 5.76 Å². The average Bonchev–Trinajstić information content (AvgIpc) is 3.16. The normalized spacial score (nSPS) is 24.8. The second-order valence-electron chi connectivity index (χ2n) is 7.23. The molecule has 0 saturated carbocycles. The maximum Gasteiger partial charge on any atom is 0.417 e. The van der Waals surface area contributed by atoms with Gasteiger partial charge >= 0.3 is 6.18 Å². The monoisotopic (exact) mass is 379 g/mol. The first-order chi connectivity index (χ1) is 12.9. The molecule has 5 nitrogen and oxygen atoms in total. The highest BCUT2D eigenvalue weighted by Gasteiger charge is 2.35. The third kappa shape index (κ3) is 3.71. The van der Waals surface area contributed by atoms with Crippen LogP contribution in [0, 0.1) is 11.8 Å². The molecular formula is C19H20F3N3O2. The molecule has 3 fully saturated rings. The minimum atomic E-state index is -4.51. The molecule has 0 aliphatic carbocycles. The Morgan fingerprint density at radius 1 is 1.26 bits per heavy atom. The number of halogens is 3. The zero-order valence-corrected chi connectivity index (χ0v) is 14.6. The molecule has 3 aliphatic heterocycles. The smallest absolute Gasteiger partial charge is 0.350 e. The molecule has 1 aromatic carbocycles. The Hall–Kier alpha value is -2.35. The molecule has 2 aromatic rings. The fraction of sp³-hybridized carbons (Fsp3) is 0.474. The van der Waals surface area contributed by atoms with Gasteiger partial charge in [-0.15, -0.1) is 0 Å². The molecule has 1 unspecified atom stereocenters. The molecule has 1 aromatic heterocycles. The molecule has 2 bridgehead atoms. The fourth-order valence-electron chi connectivity index (χ4n) is 4.09. The van der Waals surface area contributed by atoms with E-state index in [1.807, 2.05) is 0 Å². The van der Waals surface area contributed by atoms with E-state index in [4.69, 9.17) is 4.52 Å². The van der Waals surface area contributed by atoms with Crippen molar-refractivity contribution in [3.63, 3.8) is 0 Å². The van der Waals surface area contributed by atoms with Crippen molar-refractivity contribution < 1.29 is 22.5 Å². The van der Waals surface area contributed by atoms with Crippen LogP contribution in [0.3, 0.4) is 0 Å². The molecule has 1 N–H and O–H groups in total. The van der Waals surface area contributed by atoms with Crippen LogP contribution in [0.5, 0.6) is 0 Å². The van der Waals surface area contributed by atoms with E-state index in [0.29, 0.717) is 18.4 Å². The summed E-state index contributed by atoms with van der Waals surface area (Å²) in [5.41, 5.74) is -0.918. The Morgan fingerprint density at radius 3 is 2.67 bits per heavy atom. The second-order valence-corrected chi connectivity index (χ2v) is 7.23. The summed E-state index contributed by atoms with van der Waals surface area (Å²) < 4.78 is 44.5. The van der Waals surface area contributed by atoms with Gasteiger partial charge in [0.25, 0.3) is 5.91 Å². The molecule has 8 heteroatoms. The van der Waals surface area contributed by atoms with Gasteiger partial charge in [0.1, 0.15) is 5.69 Å². The molecule has 4 heterocycles. The van der Waals surface area contributed by atoms with Crippen LogP contribution in [0.25, 0.3) is 11.3 Å². The summed E-state index contributed by atoms with van der Waals surface area (Å²) in [5, 5.41) is 6.51. The highest BCUT2D eigenvalue weighted by molar-refractivity contribution is 5.92. The summed E-state index contributed by atoms with van der Waals surface area (Å²) in [6, 6.07) is 6.36. The number of rotatable bonds is 4. The lowest BCUT2D eigenvalue weighted by atomic mass is 9.79. The number of aromatic nitrogens is 1. The number of hydrogen-bond donors (Lipinski definition) is 1. The van der Waals surface area contributed by atoms with Gasteiger partial charge in [0.15, 0.2) is 0 Å². The van der Waals surface area contributed by atoms with E-state index in [1.165, 1.54) is 24.3 Å². The van der Waals surface area contributed by atoms with E-state index < -0.39 is 17.6 Å². The Kier molecular flexibility index (Phi) is 4.67. The second kappa shape index (κ2) is 6.99. The first-order valence-corrected chi connectivity index (χ1v) is 9.05. The Balaban J connectivity index is 1.44. The average molecular weight is 379 g/mol. The Morgan fingerprint density at radius 2 is 2.00 bits per heavy atom. The number of piperidine rings is 3. The molecule has 0 radical (unpaired) electrons. The number of fused-ring (bicyclic) bond motifs is 3. The van der Waals surface area contributed by atoms with Crippen molar-refractivity contribution in [1.29, 1.82) is 0 Å². The third-order valence-corrected chi connectivity index (χ3v) is 5.56. The largest absolute Gasteiger partial charge is 0.417 e. The Bertz CT molecular complexity index is 826. The Labute approximate surface area is 154 Å². The predicted molar refractivity (Wildman–Crippen MR) is 91.9 cm³/mol. The summed E-state index contributed by atoms with van der Waals surface area (Å²) in [6.07, 6.45) is -2.20. The van der Waals surface area contributed by atoms with Crippen LogP contribution in [0.2, 0.25) is 0 Å². The molecule has 1 amide bonds. The summed E-state index contributed by atoms with van der Waals surface area (Å²) in [7, 11) is 0. The number of benzene rings is 1. The maximum atomic E-state index is 13.2. The van der Waals surface area contributed by atoms with Crippen molar-refractivity contribution in [3.05, 3.63) is 41.7 Å². The van der Waals surface area contributed by atoms with Crippen LogP contribution in [-0.4, -0.2) is 42.1 Å². The first-order valence-electron chi connectivity index (χ1n) is 9.05. The van der Waals surface area contributed by atoms with Gasteiger partial charge in [0.05, 0.1) is 5.56 Å². The van der Waals surface area contributed by atoms with Gasteiger partial charge in [-0.1, -0.05) is 23.4 Å². The number of carbonyl (C=O) groups is 1. The summed E-state index contributed by atoms with van der Waals surface area (Å²) in [6.45, 7) is 3.76. The van der Waals surface area contributed by atoms with Gasteiger partial charge < -0.3 is 14.7 Å². The zero-order chi connectivity index (χ0) is 19.0. The maximum absolute atomic E-state index is 13.2. The highest BCUT2D eigenvalue weighted by Crippen LogP contribution is 2.36. The first kappa shape index (κ1) is 18.0. The quantitative estimate of drug-likeness (QED) is 0.884. The van der Waals surface area contributed by atoms with Crippen LogP contribution in [-0.2, 0) is 6.18 Å². The number of hydrogen-bond acceptors (Lipinski definition) is 4. The number of nitrogens with one attached hydrogen (secondary N) is 1. The summed E-state index contributed by atoms with van der Waals surface area (Å²) >= 11 is 0. The van der Waals surface area contributed by atoms with E-state index in [2.05, 4.69) is 15.4 Å².